The standard InChI is InChI=1S/C27H37FO2S/c1-3-5-18-7-9-19(10-8-18)20-11-13-21(14-12-20)27(29)30-24-16-15-22-17-23(6-4-2)31-26(22)25(24)28/h15-21H,3-14H2,1-2H3. The van der Waals surface area contributed by atoms with Gasteiger partial charge in [0.2, 0.25) is 0 Å². The van der Waals surface area contributed by atoms with Crippen molar-refractivity contribution in [3.63, 3.8) is 0 Å². The SMILES string of the molecule is CCCc1cc2ccc(OC(=O)C3CCC(C4CCC(CCC)CC4)CC3)c(F)c2s1. The minimum absolute atomic E-state index is 0.0817. The zero-order valence-electron chi connectivity index (χ0n) is 19.1. The minimum Gasteiger partial charge on any atom is -0.423 e. The Morgan fingerprint density at radius 3 is 2.32 bits per heavy atom. The number of carbonyl (C=O) groups excluding carboxylic acids is 1. The van der Waals surface area contributed by atoms with Gasteiger partial charge in [-0.25, -0.2) is 4.39 Å². The molecule has 2 aliphatic rings. The minimum atomic E-state index is -0.379. The Morgan fingerprint density at radius 1 is 1.00 bits per heavy atom. The second-order valence-corrected chi connectivity index (χ2v) is 11.0. The molecule has 0 N–H and O–H groups in total. The topological polar surface area (TPSA) is 26.3 Å². The highest BCUT2D eigenvalue weighted by Gasteiger charge is 2.33. The van der Waals surface area contributed by atoms with Crippen LogP contribution in [0.25, 0.3) is 10.1 Å². The maximum atomic E-state index is 15.0. The van der Waals surface area contributed by atoms with E-state index in [9.17, 15) is 9.18 Å². The Morgan fingerprint density at radius 2 is 1.68 bits per heavy atom. The Bertz CT molecular complexity index is 873. The monoisotopic (exact) mass is 444 g/mol. The van der Waals surface area contributed by atoms with Gasteiger partial charge in [-0.3, -0.25) is 4.79 Å². The number of benzene rings is 1. The summed E-state index contributed by atoms with van der Waals surface area (Å²) in [5, 5.41) is 0.903. The predicted octanol–water partition coefficient (Wildman–Crippen LogP) is 8.31. The molecule has 1 aromatic heterocycles. The number of halogens is 1. The Labute approximate surface area is 190 Å². The van der Waals surface area contributed by atoms with E-state index in [1.807, 2.05) is 6.07 Å². The van der Waals surface area contributed by atoms with Crippen LogP contribution < -0.4 is 4.74 Å². The zero-order valence-corrected chi connectivity index (χ0v) is 19.9. The van der Waals surface area contributed by atoms with Crippen LogP contribution in [0.2, 0.25) is 0 Å². The average molecular weight is 445 g/mol. The van der Waals surface area contributed by atoms with Gasteiger partial charge in [0.05, 0.1) is 10.6 Å². The van der Waals surface area contributed by atoms with E-state index in [2.05, 4.69) is 19.9 Å². The summed E-state index contributed by atoms with van der Waals surface area (Å²) in [6, 6.07) is 5.55. The van der Waals surface area contributed by atoms with Crippen LogP contribution in [-0.4, -0.2) is 5.97 Å². The first-order valence-electron chi connectivity index (χ1n) is 12.5. The lowest BCUT2D eigenvalue weighted by molar-refractivity contribution is -0.140. The molecule has 0 saturated heterocycles. The van der Waals surface area contributed by atoms with Crippen molar-refractivity contribution in [2.75, 3.05) is 0 Å². The molecule has 0 aliphatic heterocycles. The van der Waals surface area contributed by atoms with Gasteiger partial charge in [0, 0.05) is 4.88 Å². The number of ether oxygens (including phenoxy) is 1. The summed E-state index contributed by atoms with van der Waals surface area (Å²) < 4.78 is 21.2. The van der Waals surface area contributed by atoms with Gasteiger partial charge in [0.1, 0.15) is 0 Å². The lowest BCUT2D eigenvalue weighted by Crippen LogP contribution is -2.30. The van der Waals surface area contributed by atoms with Crippen LogP contribution in [0.5, 0.6) is 5.75 Å². The number of carbonyl (C=O) groups is 1. The average Bonchev–Trinajstić information content (AvgIpc) is 3.20. The van der Waals surface area contributed by atoms with Gasteiger partial charge in [-0.15, -0.1) is 11.3 Å². The van der Waals surface area contributed by atoms with Gasteiger partial charge in [0.25, 0.3) is 0 Å². The van der Waals surface area contributed by atoms with Crippen LogP contribution in [0, 0.1) is 29.5 Å². The zero-order chi connectivity index (χ0) is 21.8. The third-order valence-corrected chi connectivity index (χ3v) is 8.91. The number of rotatable bonds is 7. The van der Waals surface area contributed by atoms with Crippen molar-refractivity contribution < 1.29 is 13.9 Å². The molecular weight excluding hydrogens is 407 g/mol. The molecule has 2 aromatic rings. The van der Waals surface area contributed by atoms with Crippen molar-refractivity contribution in [2.24, 2.45) is 23.7 Å². The first kappa shape index (κ1) is 22.8. The summed E-state index contributed by atoms with van der Waals surface area (Å²) in [5.41, 5.74) is 0. The van der Waals surface area contributed by atoms with Crippen molar-refractivity contribution >= 4 is 27.4 Å². The fourth-order valence-corrected chi connectivity index (χ4v) is 7.12. The first-order valence-corrected chi connectivity index (χ1v) is 13.3. The maximum absolute atomic E-state index is 15.0. The summed E-state index contributed by atoms with van der Waals surface area (Å²) in [5.74, 6) is 1.95. The van der Waals surface area contributed by atoms with E-state index in [4.69, 9.17) is 4.74 Å². The van der Waals surface area contributed by atoms with Crippen molar-refractivity contribution in [3.8, 4) is 5.75 Å². The smallest absolute Gasteiger partial charge is 0.314 e. The summed E-state index contributed by atoms with van der Waals surface area (Å²) in [7, 11) is 0. The second-order valence-electron chi connectivity index (χ2n) is 9.86. The second kappa shape index (κ2) is 10.5. The molecule has 1 aromatic carbocycles. The summed E-state index contributed by atoms with van der Waals surface area (Å²) in [4.78, 5) is 14.0. The molecule has 31 heavy (non-hydrogen) atoms. The number of hydrogen-bond acceptors (Lipinski definition) is 3. The van der Waals surface area contributed by atoms with Crippen LogP contribution >= 0.6 is 11.3 Å². The van der Waals surface area contributed by atoms with Crippen molar-refractivity contribution in [2.45, 2.75) is 90.9 Å². The van der Waals surface area contributed by atoms with Crippen LogP contribution in [0.15, 0.2) is 18.2 Å². The van der Waals surface area contributed by atoms with Gasteiger partial charge >= 0.3 is 5.97 Å². The van der Waals surface area contributed by atoms with Gasteiger partial charge in [-0.05, 0) is 86.3 Å². The summed E-state index contributed by atoms with van der Waals surface area (Å²) in [6.45, 7) is 4.42. The van der Waals surface area contributed by atoms with Crippen LogP contribution in [0.4, 0.5) is 4.39 Å². The molecule has 0 amide bonds. The van der Waals surface area contributed by atoms with E-state index in [0.29, 0.717) is 4.70 Å². The van der Waals surface area contributed by atoms with Crippen LogP contribution in [-0.2, 0) is 11.2 Å². The molecule has 4 rings (SSSR count). The van der Waals surface area contributed by atoms with Gasteiger partial charge in [-0.1, -0.05) is 46.0 Å². The third kappa shape index (κ3) is 5.32. The summed E-state index contributed by atoms with van der Waals surface area (Å²) >= 11 is 1.48. The normalized spacial score (nSPS) is 26.8. The lowest BCUT2D eigenvalue weighted by atomic mass is 9.69. The summed E-state index contributed by atoms with van der Waals surface area (Å²) in [6.07, 6.45) is 14.2. The van der Waals surface area contributed by atoms with Crippen molar-refractivity contribution in [1.29, 1.82) is 0 Å². The first-order chi connectivity index (χ1) is 15.1. The highest BCUT2D eigenvalue weighted by molar-refractivity contribution is 7.19. The van der Waals surface area contributed by atoms with E-state index in [1.165, 1.54) is 54.7 Å². The largest absolute Gasteiger partial charge is 0.423 e. The molecule has 0 unspecified atom stereocenters. The lowest BCUT2D eigenvalue weighted by Gasteiger charge is -2.37. The maximum Gasteiger partial charge on any atom is 0.314 e. The number of hydrogen-bond donors (Lipinski definition) is 0. The fraction of sp³-hybridized carbons (Fsp3) is 0.667. The fourth-order valence-electron chi connectivity index (χ4n) is 5.93. The number of esters is 1. The number of aryl methyl sites for hydroxylation is 1. The molecule has 170 valence electrons. The van der Waals surface area contributed by atoms with E-state index in [1.54, 1.807) is 6.07 Å². The van der Waals surface area contributed by atoms with E-state index < -0.39 is 0 Å². The van der Waals surface area contributed by atoms with E-state index in [-0.39, 0.29) is 23.5 Å². The molecule has 2 fully saturated rings. The Kier molecular flexibility index (Phi) is 7.68. The van der Waals surface area contributed by atoms with Crippen LogP contribution in [0.3, 0.4) is 0 Å². The van der Waals surface area contributed by atoms with Crippen molar-refractivity contribution in [3.05, 3.63) is 28.9 Å². The molecular formula is C27H37FO2S. The Balaban J connectivity index is 1.31. The van der Waals surface area contributed by atoms with Crippen molar-refractivity contribution in [1.82, 2.24) is 0 Å². The Hall–Kier alpha value is -1.42. The highest BCUT2D eigenvalue weighted by Crippen LogP contribution is 2.42. The van der Waals surface area contributed by atoms with Gasteiger partial charge in [-0.2, -0.15) is 0 Å². The highest BCUT2D eigenvalue weighted by atomic mass is 32.1. The number of fused-ring (bicyclic) bond motifs is 1. The van der Waals surface area contributed by atoms with E-state index >= 15 is 0 Å². The van der Waals surface area contributed by atoms with Gasteiger partial charge < -0.3 is 4.74 Å². The molecule has 0 atom stereocenters. The molecule has 2 saturated carbocycles. The molecule has 2 nitrogen and oxygen atoms in total. The van der Waals surface area contributed by atoms with E-state index in [0.717, 1.165) is 61.7 Å². The van der Waals surface area contributed by atoms with Crippen LogP contribution in [0.1, 0.15) is 89.4 Å². The molecule has 0 bridgehead atoms. The third-order valence-electron chi connectivity index (χ3n) is 7.71. The van der Waals surface area contributed by atoms with Gasteiger partial charge in [0.15, 0.2) is 11.6 Å². The molecule has 2 aliphatic carbocycles. The predicted molar refractivity (Wildman–Crippen MR) is 127 cm³/mol. The molecule has 1 heterocycles. The number of thiophene rings is 1. The quantitative estimate of drug-likeness (QED) is 0.317. The molecule has 0 spiro atoms. The molecule has 0 radical (unpaired) electrons. The molecule has 4 heteroatoms.